The van der Waals surface area contributed by atoms with E-state index in [1.54, 1.807) is 19.1 Å². The van der Waals surface area contributed by atoms with Crippen LogP contribution < -0.4 is 26.0 Å². The van der Waals surface area contributed by atoms with Crippen LogP contribution in [0.3, 0.4) is 0 Å². The predicted octanol–water partition coefficient (Wildman–Crippen LogP) is 1.80. The molecule has 0 fully saturated rings. The van der Waals surface area contributed by atoms with Crippen molar-refractivity contribution in [1.82, 2.24) is 19.3 Å². The predicted molar refractivity (Wildman–Crippen MR) is 116 cm³/mol. The van der Waals surface area contributed by atoms with Crippen LogP contribution in [0.1, 0.15) is 27.2 Å². The van der Waals surface area contributed by atoms with Crippen molar-refractivity contribution in [2.75, 3.05) is 6.79 Å². The number of hydrogen-bond donors (Lipinski definition) is 2. The molecule has 0 spiro atoms. The molecule has 1 amide bonds. The third-order valence-electron chi connectivity index (χ3n) is 5.43. The van der Waals surface area contributed by atoms with E-state index >= 15 is 0 Å². The topological polar surface area (TPSA) is 107 Å². The summed E-state index contributed by atoms with van der Waals surface area (Å²) in [6.07, 6.45) is 1.42. The standard InChI is InChI=1S/C23H20N4O5/c1-14-20-25-17(21(28)24-10-16-7-8-18-19(9-16)32-13-31-18)12-26(20)23(30)27(22(14)29)11-15-5-3-2-4-6-15/h2-9,12,25H,10-11,13H2,1H3,(H,24,28). The van der Waals surface area contributed by atoms with Crippen LogP contribution in [0, 0.1) is 6.92 Å². The van der Waals surface area contributed by atoms with Crippen LogP contribution in [0.15, 0.2) is 64.3 Å². The number of carbonyl (C=O) groups is 1. The zero-order chi connectivity index (χ0) is 22.2. The maximum atomic E-state index is 13.0. The van der Waals surface area contributed by atoms with Gasteiger partial charge in [0.15, 0.2) is 11.5 Å². The van der Waals surface area contributed by atoms with Gasteiger partial charge in [0.1, 0.15) is 11.3 Å². The lowest BCUT2D eigenvalue weighted by Gasteiger charge is -2.07. The number of hydrogen-bond acceptors (Lipinski definition) is 5. The fraction of sp³-hybridized carbons (Fsp3) is 0.174. The summed E-state index contributed by atoms with van der Waals surface area (Å²) >= 11 is 0. The molecule has 1 aliphatic rings. The van der Waals surface area contributed by atoms with Gasteiger partial charge in [-0.25, -0.2) is 4.79 Å². The van der Waals surface area contributed by atoms with Crippen molar-refractivity contribution in [3.8, 4) is 11.5 Å². The summed E-state index contributed by atoms with van der Waals surface area (Å²) in [6, 6.07) is 14.7. The van der Waals surface area contributed by atoms with Crippen LogP contribution >= 0.6 is 0 Å². The summed E-state index contributed by atoms with van der Waals surface area (Å²) in [4.78, 5) is 41.4. The van der Waals surface area contributed by atoms with Gasteiger partial charge in [-0.05, 0) is 30.2 Å². The first-order chi connectivity index (χ1) is 15.5. The molecule has 162 valence electrons. The minimum absolute atomic E-state index is 0.152. The number of benzene rings is 2. The zero-order valence-corrected chi connectivity index (χ0v) is 17.3. The van der Waals surface area contributed by atoms with Crippen LogP contribution in [0.5, 0.6) is 11.5 Å². The van der Waals surface area contributed by atoms with Crippen molar-refractivity contribution in [1.29, 1.82) is 0 Å². The van der Waals surface area contributed by atoms with Crippen molar-refractivity contribution in [3.63, 3.8) is 0 Å². The first-order valence-corrected chi connectivity index (χ1v) is 10.1. The molecule has 2 N–H and O–H groups in total. The van der Waals surface area contributed by atoms with Gasteiger partial charge >= 0.3 is 5.69 Å². The van der Waals surface area contributed by atoms with Crippen molar-refractivity contribution < 1.29 is 14.3 Å². The summed E-state index contributed by atoms with van der Waals surface area (Å²) in [5.74, 6) is 0.908. The highest BCUT2D eigenvalue weighted by molar-refractivity contribution is 5.92. The molecule has 0 unspecified atom stereocenters. The average molecular weight is 432 g/mol. The lowest BCUT2D eigenvalue weighted by molar-refractivity contribution is 0.0946. The van der Waals surface area contributed by atoms with Gasteiger partial charge in [-0.1, -0.05) is 36.4 Å². The second-order valence-corrected chi connectivity index (χ2v) is 7.54. The molecule has 0 saturated carbocycles. The molecule has 9 nitrogen and oxygen atoms in total. The number of amides is 1. The lowest BCUT2D eigenvalue weighted by Crippen LogP contribution is -2.38. The number of imidazole rings is 1. The average Bonchev–Trinajstić information content (AvgIpc) is 3.47. The molecule has 0 radical (unpaired) electrons. The number of nitrogens with zero attached hydrogens (tertiary/aromatic N) is 2. The van der Waals surface area contributed by atoms with E-state index in [4.69, 9.17) is 9.47 Å². The highest BCUT2D eigenvalue weighted by Gasteiger charge is 2.18. The Bertz CT molecular complexity index is 1450. The minimum atomic E-state index is -0.509. The fourth-order valence-corrected chi connectivity index (χ4v) is 3.71. The Balaban J connectivity index is 1.42. The Morgan fingerprint density at radius 1 is 1.06 bits per heavy atom. The second kappa shape index (κ2) is 7.77. The van der Waals surface area contributed by atoms with E-state index < -0.39 is 17.2 Å². The Labute approximate surface area is 181 Å². The van der Waals surface area contributed by atoms with E-state index in [0.717, 1.165) is 11.1 Å². The van der Waals surface area contributed by atoms with Gasteiger partial charge in [0.2, 0.25) is 6.79 Å². The summed E-state index contributed by atoms with van der Waals surface area (Å²) in [5, 5.41) is 2.81. The van der Waals surface area contributed by atoms with Crippen molar-refractivity contribution in [2.24, 2.45) is 0 Å². The maximum absolute atomic E-state index is 13.0. The lowest BCUT2D eigenvalue weighted by atomic mass is 10.2. The number of aromatic nitrogens is 3. The number of aryl methyl sites for hydroxylation is 1. The third kappa shape index (κ3) is 3.43. The first kappa shape index (κ1) is 19.7. The molecule has 32 heavy (non-hydrogen) atoms. The second-order valence-electron chi connectivity index (χ2n) is 7.54. The quantitative estimate of drug-likeness (QED) is 0.500. The van der Waals surface area contributed by atoms with Crippen LogP contribution in [0.25, 0.3) is 5.65 Å². The zero-order valence-electron chi connectivity index (χ0n) is 17.3. The summed E-state index contributed by atoms with van der Waals surface area (Å²) in [6.45, 7) is 2.22. The van der Waals surface area contributed by atoms with E-state index in [-0.39, 0.29) is 25.6 Å². The monoisotopic (exact) mass is 432 g/mol. The maximum Gasteiger partial charge on any atom is 0.337 e. The molecule has 0 atom stereocenters. The van der Waals surface area contributed by atoms with E-state index in [2.05, 4.69) is 10.3 Å². The minimum Gasteiger partial charge on any atom is -0.454 e. The van der Waals surface area contributed by atoms with Crippen LogP contribution in [-0.4, -0.2) is 26.7 Å². The van der Waals surface area contributed by atoms with Crippen molar-refractivity contribution >= 4 is 11.6 Å². The number of aromatic amines is 1. The molecule has 1 aliphatic heterocycles. The SMILES string of the molecule is Cc1c(=O)n(Cc2ccccc2)c(=O)n2cc(C(=O)NCc3ccc4c(c3)OCO4)[nH]c12. The Kier molecular flexibility index (Phi) is 4.78. The van der Waals surface area contributed by atoms with E-state index in [1.165, 1.54) is 15.2 Å². The third-order valence-corrected chi connectivity index (χ3v) is 5.43. The van der Waals surface area contributed by atoms with Crippen LogP contribution in [0.2, 0.25) is 0 Å². The van der Waals surface area contributed by atoms with Gasteiger partial charge in [-0.3, -0.25) is 18.6 Å². The summed E-state index contributed by atoms with van der Waals surface area (Å²) in [5.41, 5.74) is 1.62. The molecule has 0 saturated heterocycles. The number of nitrogens with one attached hydrogen (secondary N) is 2. The Morgan fingerprint density at radius 3 is 2.66 bits per heavy atom. The normalized spacial score (nSPS) is 12.3. The molecule has 0 aliphatic carbocycles. The smallest absolute Gasteiger partial charge is 0.337 e. The highest BCUT2D eigenvalue weighted by atomic mass is 16.7. The van der Waals surface area contributed by atoms with Crippen LogP contribution in [-0.2, 0) is 13.1 Å². The van der Waals surface area contributed by atoms with Crippen molar-refractivity contribution in [3.05, 3.63) is 98.0 Å². The number of rotatable bonds is 5. The van der Waals surface area contributed by atoms with E-state index in [0.29, 0.717) is 22.7 Å². The first-order valence-electron chi connectivity index (χ1n) is 10.1. The Hall–Kier alpha value is -4.27. The van der Waals surface area contributed by atoms with E-state index in [1.807, 2.05) is 36.4 Å². The van der Waals surface area contributed by atoms with Gasteiger partial charge in [0, 0.05) is 12.7 Å². The van der Waals surface area contributed by atoms with Gasteiger partial charge in [-0.15, -0.1) is 0 Å². The molecular formula is C23H20N4O5. The number of H-pyrrole nitrogens is 1. The van der Waals surface area contributed by atoms with Gasteiger partial charge < -0.3 is 19.8 Å². The molecule has 3 heterocycles. The molecular weight excluding hydrogens is 412 g/mol. The molecule has 5 rings (SSSR count). The number of carbonyl (C=O) groups excluding carboxylic acids is 1. The number of fused-ring (bicyclic) bond motifs is 2. The molecule has 2 aromatic carbocycles. The van der Waals surface area contributed by atoms with Gasteiger partial charge in [-0.2, -0.15) is 0 Å². The largest absolute Gasteiger partial charge is 0.454 e. The molecule has 4 aromatic rings. The van der Waals surface area contributed by atoms with Gasteiger partial charge in [0.05, 0.1) is 12.1 Å². The van der Waals surface area contributed by atoms with Crippen molar-refractivity contribution in [2.45, 2.75) is 20.0 Å². The molecule has 9 heteroatoms. The molecule has 2 aromatic heterocycles. The summed E-state index contributed by atoms with van der Waals surface area (Å²) in [7, 11) is 0. The highest BCUT2D eigenvalue weighted by Crippen LogP contribution is 2.32. The van der Waals surface area contributed by atoms with E-state index in [9.17, 15) is 14.4 Å². The molecule has 0 bridgehead atoms. The number of ether oxygens (including phenoxy) is 2. The van der Waals surface area contributed by atoms with Crippen LogP contribution in [0.4, 0.5) is 0 Å². The summed E-state index contributed by atoms with van der Waals surface area (Å²) < 4.78 is 13.1. The Morgan fingerprint density at radius 2 is 1.84 bits per heavy atom. The fourth-order valence-electron chi connectivity index (χ4n) is 3.71. The van der Waals surface area contributed by atoms with Gasteiger partial charge in [0.25, 0.3) is 11.5 Å².